The van der Waals surface area contributed by atoms with Gasteiger partial charge in [-0.15, -0.1) is 0 Å². The van der Waals surface area contributed by atoms with Gasteiger partial charge in [0.25, 0.3) is 5.91 Å². The number of ether oxygens (including phenoxy) is 3. The second-order valence-electron chi connectivity index (χ2n) is 5.04. The van der Waals surface area contributed by atoms with Crippen molar-refractivity contribution in [3.05, 3.63) is 55.6 Å². The average molecular weight is 485 g/mol. The molecule has 0 saturated carbocycles. The third-order valence-corrected chi connectivity index (χ3v) is 4.08. The SMILES string of the molecule is COc1cc(/C=N\NC(=O)COc2ccccc2[N+](=O)[O-])cc(I)c1OC. The van der Waals surface area contributed by atoms with Crippen LogP contribution >= 0.6 is 22.6 Å². The number of benzene rings is 2. The van der Waals surface area contributed by atoms with Crippen LogP contribution in [0.15, 0.2) is 41.5 Å². The van der Waals surface area contributed by atoms with Gasteiger partial charge in [-0.2, -0.15) is 5.10 Å². The molecule has 27 heavy (non-hydrogen) atoms. The summed E-state index contributed by atoms with van der Waals surface area (Å²) in [7, 11) is 3.07. The van der Waals surface area contributed by atoms with Crippen LogP contribution in [0.2, 0.25) is 0 Å². The fourth-order valence-corrected chi connectivity index (χ4v) is 2.94. The van der Waals surface area contributed by atoms with E-state index in [9.17, 15) is 14.9 Å². The molecule has 0 bridgehead atoms. The number of carbonyl (C=O) groups is 1. The van der Waals surface area contributed by atoms with Crippen LogP contribution in [0.3, 0.4) is 0 Å². The van der Waals surface area contributed by atoms with Crippen LogP contribution in [0.5, 0.6) is 17.2 Å². The lowest BCUT2D eigenvalue weighted by molar-refractivity contribution is -0.385. The monoisotopic (exact) mass is 485 g/mol. The number of hydrogen-bond donors (Lipinski definition) is 1. The summed E-state index contributed by atoms with van der Waals surface area (Å²) in [5.41, 5.74) is 2.77. The average Bonchev–Trinajstić information content (AvgIpc) is 2.66. The van der Waals surface area contributed by atoms with Gasteiger partial charge in [0, 0.05) is 6.07 Å². The molecule has 0 spiro atoms. The van der Waals surface area contributed by atoms with Gasteiger partial charge in [-0.1, -0.05) is 12.1 Å². The van der Waals surface area contributed by atoms with Gasteiger partial charge in [0.1, 0.15) is 0 Å². The summed E-state index contributed by atoms with van der Waals surface area (Å²) in [5, 5.41) is 14.7. The minimum atomic E-state index is -0.579. The second kappa shape index (κ2) is 9.71. The van der Waals surface area contributed by atoms with Gasteiger partial charge < -0.3 is 14.2 Å². The van der Waals surface area contributed by atoms with Gasteiger partial charge in [0.05, 0.1) is 28.9 Å². The van der Waals surface area contributed by atoms with E-state index in [1.165, 1.54) is 31.5 Å². The molecule has 1 N–H and O–H groups in total. The van der Waals surface area contributed by atoms with Crippen LogP contribution in [0.1, 0.15) is 5.56 Å². The lowest BCUT2D eigenvalue weighted by atomic mass is 10.2. The number of methoxy groups -OCH3 is 2. The molecule has 2 aromatic rings. The Morgan fingerprint density at radius 1 is 1.26 bits per heavy atom. The van der Waals surface area contributed by atoms with Gasteiger partial charge in [-0.25, -0.2) is 5.43 Å². The summed E-state index contributed by atoms with van der Waals surface area (Å²) < 4.78 is 16.5. The molecule has 0 heterocycles. The lowest BCUT2D eigenvalue weighted by Crippen LogP contribution is -2.24. The molecular formula is C17H16IN3O6. The number of halogens is 1. The first-order chi connectivity index (χ1) is 13.0. The zero-order valence-corrected chi connectivity index (χ0v) is 16.6. The molecule has 0 unspecified atom stereocenters. The zero-order chi connectivity index (χ0) is 19.8. The first-order valence-electron chi connectivity index (χ1n) is 7.56. The first kappa shape index (κ1) is 20.4. The van der Waals surface area contributed by atoms with Gasteiger partial charge >= 0.3 is 5.69 Å². The maximum Gasteiger partial charge on any atom is 0.310 e. The lowest BCUT2D eigenvalue weighted by Gasteiger charge is -2.10. The number of nitro groups is 1. The fourth-order valence-electron chi connectivity index (χ4n) is 2.10. The molecule has 0 aliphatic carbocycles. The van der Waals surface area contributed by atoms with Crippen molar-refractivity contribution in [3.63, 3.8) is 0 Å². The number of rotatable bonds is 8. The highest BCUT2D eigenvalue weighted by Gasteiger charge is 2.14. The Balaban J connectivity index is 1.96. The maximum atomic E-state index is 11.8. The summed E-state index contributed by atoms with van der Waals surface area (Å²) in [6.45, 7) is -0.411. The van der Waals surface area contributed by atoms with Crippen molar-refractivity contribution < 1.29 is 23.9 Å². The van der Waals surface area contributed by atoms with Crippen molar-refractivity contribution >= 4 is 40.4 Å². The van der Waals surface area contributed by atoms with Crippen molar-refractivity contribution in [2.75, 3.05) is 20.8 Å². The predicted molar refractivity (Wildman–Crippen MR) is 107 cm³/mol. The van der Waals surface area contributed by atoms with Gasteiger partial charge in [0.15, 0.2) is 23.9 Å². The third-order valence-electron chi connectivity index (χ3n) is 3.28. The number of nitrogens with zero attached hydrogens (tertiary/aromatic N) is 2. The molecule has 2 rings (SSSR count). The summed E-state index contributed by atoms with van der Waals surface area (Å²) in [4.78, 5) is 22.1. The van der Waals surface area contributed by atoms with Crippen LogP contribution < -0.4 is 19.6 Å². The van der Waals surface area contributed by atoms with Crippen LogP contribution in [0, 0.1) is 13.7 Å². The number of amides is 1. The molecular weight excluding hydrogens is 469 g/mol. The van der Waals surface area contributed by atoms with E-state index in [0.717, 1.165) is 3.57 Å². The van der Waals surface area contributed by atoms with Crippen LogP contribution in [-0.2, 0) is 4.79 Å². The Hall–Kier alpha value is -2.89. The number of hydrazone groups is 1. The Labute approximate surface area is 168 Å². The quantitative estimate of drug-likeness (QED) is 0.267. The molecule has 0 fully saturated rings. The minimum absolute atomic E-state index is 0.0103. The van der Waals surface area contributed by atoms with Crippen LogP contribution in [0.25, 0.3) is 0 Å². The third kappa shape index (κ3) is 5.54. The highest BCUT2D eigenvalue weighted by molar-refractivity contribution is 14.1. The number of para-hydroxylation sites is 2. The van der Waals surface area contributed by atoms with E-state index < -0.39 is 17.4 Å². The number of nitro benzene ring substituents is 1. The molecule has 142 valence electrons. The molecule has 2 aromatic carbocycles. The summed E-state index contributed by atoms with van der Waals surface area (Å²) in [6.07, 6.45) is 1.44. The van der Waals surface area contributed by atoms with Gasteiger partial charge in [0.2, 0.25) is 0 Å². The molecule has 0 saturated heterocycles. The number of hydrogen-bond acceptors (Lipinski definition) is 7. The van der Waals surface area contributed by atoms with E-state index in [4.69, 9.17) is 14.2 Å². The molecule has 10 heteroatoms. The number of nitrogens with one attached hydrogen (secondary N) is 1. The van der Waals surface area contributed by atoms with E-state index in [1.54, 1.807) is 25.3 Å². The van der Waals surface area contributed by atoms with E-state index in [0.29, 0.717) is 17.1 Å². The second-order valence-corrected chi connectivity index (χ2v) is 6.21. The minimum Gasteiger partial charge on any atom is -0.493 e. The fraction of sp³-hybridized carbons (Fsp3) is 0.176. The molecule has 0 radical (unpaired) electrons. The van der Waals surface area contributed by atoms with Gasteiger partial charge in [-0.05, 0) is 46.4 Å². The predicted octanol–water partition coefficient (Wildman–Crippen LogP) is 2.75. The van der Waals surface area contributed by atoms with E-state index in [2.05, 4.69) is 33.1 Å². The maximum absolute atomic E-state index is 11.8. The topological polar surface area (TPSA) is 112 Å². The van der Waals surface area contributed by atoms with Gasteiger partial charge in [-0.3, -0.25) is 14.9 Å². The molecule has 9 nitrogen and oxygen atoms in total. The first-order valence-corrected chi connectivity index (χ1v) is 8.63. The van der Waals surface area contributed by atoms with E-state index in [1.807, 2.05) is 0 Å². The smallest absolute Gasteiger partial charge is 0.310 e. The molecule has 0 aromatic heterocycles. The van der Waals surface area contributed by atoms with Crippen molar-refractivity contribution in [2.45, 2.75) is 0 Å². The Morgan fingerprint density at radius 2 is 2.00 bits per heavy atom. The van der Waals surface area contributed by atoms with E-state index in [-0.39, 0.29) is 11.4 Å². The summed E-state index contributed by atoms with van der Waals surface area (Å²) >= 11 is 2.10. The summed E-state index contributed by atoms with van der Waals surface area (Å²) in [5.74, 6) is 0.602. The molecule has 1 amide bonds. The van der Waals surface area contributed by atoms with Crippen molar-refractivity contribution in [3.8, 4) is 17.2 Å². The van der Waals surface area contributed by atoms with Crippen molar-refractivity contribution in [1.82, 2.24) is 5.43 Å². The van der Waals surface area contributed by atoms with E-state index >= 15 is 0 Å². The molecule has 0 aliphatic rings. The molecule has 0 atom stereocenters. The Bertz CT molecular complexity index is 872. The zero-order valence-electron chi connectivity index (χ0n) is 14.5. The Kier molecular flexibility index (Phi) is 7.34. The number of carbonyl (C=O) groups excluding carboxylic acids is 1. The highest BCUT2D eigenvalue weighted by atomic mass is 127. The normalized spacial score (nSPS) is 10.5. The van der Waals surface area contributed by atoms with Crippen LogP contribution in [-0.4, -0.2) is 37.9 Å². The highest BCUT2D eigenvalue weighted by Crippen LogP contribution is 2.33. The standard InChI is InChI=1S/C17H16IN3O6/c1-25-15-8-11(7-12(18)17(15)26-2)9-19-20-16(22)10-27-14-6-4-3-5-13(14)21(23)24/h3-9H,10H2,1-2H3,(H,20,22)/b19-9-. The Morgan fingerprint density at radius 3 is 2.67 bits per heavy atom. The molecule has 0 aliphatic heterocycles. The van der Waals surface area contributed by atoms with Crippen LogP contribution in [0.4, 0.5) is 5.69 Å². The summed E-state index contributed by atoms with van der Waals surface area (Å²) in [6, 6.07) is 9.32. The van der Waals surface area contributed by atoms with Crippen molar-refractivity contribution in [1.29, 1.82) is 0 Å². The largest absolute Gasteiger partial charge is 0.493 e. The van der Waals surface area contributed by atoms with Crippen molar-refractivity contribution in [2.24, 2.45) is 5.10 Å².